The highest BCUT2D eigenvalue weighted by Crippen LogP contribution is 2.15. The van der Waals surface area contributed by atoms with Crippen molar-refractivity contribution in [1.29, 1.82) is 0 Å². The summed E-state index contributed by atoms with van der Waals surface area (Å²) in [6, 6.07) is 1.92. The van der Waals surface area contributed by atoms with Crippen LogP contribution in [-0.2, 0) is 6.42 Å². The van der Waals surface area contributed by atoms with Crippen LogP contribution in [0.3, 0.4) is 0 Å². The van der Waals surface area contributed by atoms with Crippen molar-refractivity contribution in [1.82, 2.24) is 9.97 Å². The van der Waals surface area contributed by atoms with Crippen molar-refractivity contribution in [3.8, 4) is 17.7 Å². The van der Waals surface area contributed by atoms with E-state index in [9.17, 15) is 0 Å². The van der Waals surface area contributed by atoms with E-state index >= 15 is 0 Å². The van der Waals surface area contributed by atoms with Crippen molar-refractivity contribution >= 4 is 0 Å². The molecule has 0 spiro atoms. The molecule has 0 bridgehead atoms. The maximum Gasteiger partial charge on any atom is 0.217 e. The molecular weight excluding hydrogens is 224 g/mol. The van der Waals surface area contributed by atoms with Crippen molar-refractivity contribution in [3.05, 3.63) is 18.1 Å². The maximum atomic E-state index is 5.61. The summed E-state index contributed by atoms with van der Waals surface area (Å²) in [5, 5.41) is 0. The summed E-state index contributed by atoms with van der Waals surface area (Å²) in [7, 11) is 0. The summed E-state index contributed by atoms with van der Waals surface area (Å²) in [5.74, 6) is 7.03. The second-order valence-corrected chi connectivity index (χ2v) is 4.60. The van der Waals surface area contributed by atoms with Crippen LogP contribution in [0.4, 0.5) is 0 Å². The molecule has 0 saturated heterocycles. The van der Waals surface area contributed by atoms with Crippen LogP contribution in [0.15, 0.2) is 12.4 Å². The van der Waals surface area contributed by atoms with Crippen LogP contribution in [0.2, 0.25) is 0 Å². The summed E-state index contributed by atoms with van der Waals surface area (Å²) in [6.07, 6.45) is 4.83. The Hall–Kier alpha value is -1.56. The minimum Gasteiger partial charge on any atom is -0.461 e. The molecular formula is C15H22N2O. The molecule has 3 heteroatoms. The Morgan fingerprint density at radius 1 is 1.33 bits per heavy atom. The molecule has 2 atom stereocenters. The van der Waals surface area contributed by atoms with Crippen molar-refractivity contribution in [2.45, 2.75) is 53.1 Å². The molecule has 3 nitrogen and oxygen atoms in total. The smallest absolute Gasteiger partial charge is 0.217 e. The van der Waals surface area contributed by atoms with E-state index in [0.717, 1.165) is 12.1 Å². The molecule has 0 amide bonds. The van der Waals surface area contributed by atoms with Gasteiger partial charge in [0.15, 0.2) is 6.10 Å². The van der Waals surface area contributed by atoms with Gasteiger partial charge in [0.05, 0.1) is 0 Å². The zero-order chi connectivity index (χ0) is 13.4. The Labute approximate surface area is 110 Å². The topological polar surface area (TPSA) is 35.0 Å². The second kappa shape index (κ2) is 7.71. The molecule has 1 aromatic rings. The SMILES string of the molecule is CC#CC(C)Oc1cc(CC(C)CCC)ncn1. The van der Waals surface area contributed by atoms with Gasteiger partial charge in [0.25, 0.3) is 0 Å². The van der Waals surface area contributed by atoms with Gasteiger partial charge < -0.3 is 4.74 Å². The monoisotopic (exact) mass is 246 g/mol. The summed E-state index contributed by atoms with van der Waals surface area (Å²) in [5.41, 5.74) is 1.04. The van der Waals surface area contributed by atoms with Crippen molar-refractivity contribution in [2.75, 3.05) is 0 Å². The summed E-state index contributed by atoms with van der Waals surface area (Å²) < 4.78 is 5.61. The van der Waals surface area contributed by atoms with Crippen LogP contribution in [-0.4, -0.2) is 16.1 Å². The van der Waals surface area contributed by atoms with Gasteiger partial charge in [-0.1, -0.05) is 32.6 Å². The zero-order valence-corrected chi connectivity index (χ0v) is 11.7. The normalized spacial score (nSPS) is 13.3. The molecule has 1 aromatic heterocycles. The largest absolute Gasteiger partial charge is 0.461 e. The van der Waals surface area contributed by atoms with Crippen LogP contribution < -0.4 is 4.74 Å². The predicted molar refractivity (Wildman–Crippen MR) is 73.3 cm³/mol. The van der Waals surface area contributed by atoms with Gasteiger partial charge in [0.1, 0.15) is 6.33 Å². The Morgan fingerprint density at radius 2 is 2.11 bits per heavy atom. The number of hydrogen-bond acceptors (Lipinski definition) is 3. The average Bonchev–Trinajstić information content (AvgIpc) is 2.29. The van der Waals surface area contributed by atoms with Crippen molar-refractivity contribution < 1.29 is 4.74 Å². The molecule has 2 unspecified atom stereocenters. The molecule has 0 aliphatic carbocycles. The van der Waals surface area contributed by atoms with Crippen LogP contribution in [0.25, 0.3) is 0 Å². The zero-order valence-electron chi connectivity index (χ0n) is 11.7. The lowest BCUT2D eigenvalue weighted by Crippen LogP contribution is -2.10. The third-order valence-corrected chi connectivity index (χ3v) is 2.68. The molecule has 1 heterocycles. The fourth-order valence-corrected chi connectivity index (χ4v) is 1.92. The number of rotatable bonds is 6. The number of nitrogens with zero attached hydrogens (tertiary/aromatic N) is 2. The van der Waals surface area contributed by atoms with Gasteiger partial charge in [-0.25, -0.2) is 9.97 Å². The minimum absolute atomic E-state index is 0.134. The Balaban J connectivity index is 2.63. The standard InChI is InChI=1S/C15H22N2O/c1-5-7-12(3)9-14-10-15(17-11-16-14)18-13(4)8-6-2/h10-13H,5,7,9H2,1-4H3. The van der Waals surface area contributed by atoms with E-state index in [1.54, 1.807) is 13.3 Å². The van der Waals surface area contributed by atoms with E-state index in [0.29, 0.717) is 11.8 Å². The first-order valence-corrected chi connectivity index (χ1v) is 6.55. The predicted octanol–water partition coefficient (Wildman–Crippen LogP) is 3.25. The van der Waals surface area contributed by atoms with Crippen LogP contribution in [0.1, 0.15) is 46.2 Å². The van der Waals surface area contributed by atoms with Crippen LogP contribution >= 0.6 is 0 Å². The lowest BCUT2D eigenvalue weighted by Gasteiger charge is -2.11. The first kappa shape index (κ1) is 14.5. The molecule has 18 heavy (non-hydrogen) atoms. The molecule has 98 valence electrons. The van der Waals surface area contributed by atoms with Crippen LogP contribution in [0.5, 0.6) is 5.88 Å². The first-order valence-electron chi connectivity index (χ1n) is 6.55. The highest BCUT2D eigenvalue weighted by atomic mass is 16.5. The Morgan fingerprint density at radius 3 is 2.78 bits per heavy atom. The van der Waals surface area contributed by atoms with Crippen molar-refractivity contribution in [2.24, 2.45) is 5.92 Å². The van der Waals surface area contributed by atoms with Gasteiger partial charge in [-0.3, -0.25) is 0 Å². The summed E-state index contributed by atoms with van der Waals surface area (Å²) in [6.45, 7) is 8.17. The quantitative estimate of drug-likeness (QED) is 0.723. The third-order valence-electron chi connectivity index (χ3n) is 2.68. The molecule has 0 aliphatic rings. The summed E-state index contributed by atoms with van der Waals surface area (Å²) in [4.78, 5) is 8.40. The number of ether oxygens (including phenoxy) is 1. The molecule has 0 fully saturated rings. The van der Waals surface area contributed by atoms with E-state index in [1.807, 2.05) is 13.0 Å². The molecule has 0 radical (unpaired) electrons. The van der Waals surface area contributed by atoms with E-state index in [2.05, 4.69) is 35.7 Å². The fraction of sp³-hybridized carbons (Fsp3) is 0.600. The Kier molecular flexibility index (Phi) is 6.21. The number of hydrogen-bond donors (Lipinski definition) is 0. The molecule has 0 aliphatic heterocycles. The molecule has 0 N–H and O–H groups in total. The highest BCUT2D eigenvalue weighted by molar-refractivity contribution is 5.16. The van der Waals surface area contributed by atoms with Gasteiger partial charge >= 0.3 is 0 Å². The van der Waals surface area contributed by atoms with E-state index in [4.69, 9.17) is 4.74 Å². The first-order chi connectivity index (χ1) is 8.65. The van der Waals surface area contributed by atoms with E-state index < -0.39 is 0 Å². The second-order valence-electron chi connectivity index (χ2n) is 4.60. The summed E-state index contributed by atoms with van der Waals surface area (Å²) >= 11 is 0. The lowest BCUT2D eigenvalue weighted by atomic mass is 10.0. The molecule has 0 aromatic carbocycles. The maximum absolute atomic E-state index is 5.61. The number of aromatic nitrogens is 2. The average molecular weight is 246 g/mol. The van der Waals surface area contributed by atoms with E-state index in [-0.39, 0.29) is 6.10 Å². The van der Waals surface area contributed by atoms with E-state index in [1.165, 1.54) is 12.8 Å². The van der Waals surface area contributed by atoms with Crippen LogP contribution in [0, 0.1) is 17.8 Å². The fourth-order valence-electron chi connectivity index (χ4n) is 1.92. The lowest BCUT2D eigenvalue weighted by molar-refractivity contribution is 0.266. The van der Waals surface area contributed by atoms with Gasteiger partial charge in [-0.15, -0.1) is 5.92 Å². The highest BCUT2D eigenvalue weighted by Gasteiger charge is 2.07. The van der Waals surface area contributed by atoms with Gasteiger partial charge in [0.2, 0.25) is 5.88 Å². The third kappa shape index (κ3) is 5.18. The molecule has 1 rings (SSSR count). The molecule has 0 saturated carbocycles. The van der Waals surface area contributed by atoms with Crippen molar-refractivity contribution in [3.63, 3.8) is 0 Å². The minimum atomic E-state index is -0.134. The van der Waals surface area contributed by atoms with Gasteiger partial charge in [-0.05, 0) is 26.2 Å². The Bertz CT molecular complexity index is 420. The van der Waals surface area contributed by atoms with Gasteiger partial charge in [-0.2, -0.15) is 0 Å². The van der Waals surface area contributed by atoms with Gasteiger partial charge in [0, 0.05) is 11.8 Å².